The molecule has 0 fully saturated rings. The number of rotatable bonds is 7. The Morgan fingerprint density at radius 3 is 2.57 bits per heavy atom. The van der Waals surface area contributed by atoms with E-state index in [-0.39, 0.29) is 0 Å². The third kappa shape index (κ3) is 3.93. The molecule has 0 aliphatic heterocycles. The molecular formula is C25H26ClN3O. The fourth-order valence-electron chi connectivity index (χ4n) is 3.83. The second-order valence-electron chi connectivity index (χ2n) is 7.43. The fourth-order valence-corrected chi connectivity index (χ4v) is 4.10. The van der Waals surface area contributed by atoms with Crippen LogP contribution in [0.15, 0.2) is 67.1 Å². The predicted molar refractivity (Wildman–Crippen MR) is 125 cm³/mol. The molecule has 2 heterocycles. The number of benzene rings is 2. The van der Waals surface area contributed by atoms with Crippen molar-refractivity contribution in [3.63, 3.8) is 0 Å². The monoisotopic (exact) mass is 419 g/mol. The number of methoxy groups -OCH3 is 1. The summed E-state index contributed by atoms with van der Waals surface area (Å²) in [5.74, 6) is 0.840. The smallest absolute Gasteiger partial charge is 0.118 e. The first-order valence-corrected chi connectivity index (χ1v) is 10.6. The lowest BCUT2D eigenvalue weighted by Crippen LogP contribution is -2.22. The lowest BCUT2D eigenvalue weighted by molar-refractivity contribution is 0.415. The van der Waals surface area contributed by atoms with E-state index in [0.29, 0.717) is 6.04 Å². The molecule has 0 radical (unpaired) electrons. The summed E-state index contributed by atoms with van der Waals surface area (Å²) in [6, 6.07) is 16.6. The summed E-state index contributed by atoms with van der Waals surface area (Å²) < 4.78 is 7.58. The maximum atomic E-state index is 6.66. The normalized spacial score (nSPS) is 12.3. The van der Waals surface area contributed by atoms with Crippen LogP contribution in [-0.2, 0) is 0 Å². The molecule has 0 saturated heterocycles. The van der Waals surface area contributed by atoms with E-state index >= 15 is 0 Å². The van der Waals surface area contributed by atoms with Crippen LogP contribution in [0.2, 0.25) is 5.02 Å². The van der Waals surface area contributed by atoms with Crippen molar-refractivity contribution in [2.45, 2.75) is 19.9 Å². The maximum Gasteiger partial charge on any atom is 0.118 e. The molecule has 0 aliphatic carbocycles. The second-order valence-corrected chi connectivity index (χ2v) is 7.84. The van der Waals surface area contributed by atoms with Gasteiger partial charge in [-0.05, 0) is 49.4 Å². The third-order valence-corrected chi connectivity index (χ3v) is 5.76. The zero-order valence-electron chi connectivity index (χ0n) is 17.5. The van der Waals surface area contributed by atoms with Crippen molar-refractivity contribution in [2.24, 2.45) is 0 Å². The van der Waals surface area contributed by atoms with Gasteiger partial charge in [-0.25, -0.2) is 0 Å². The Balaban J connectivity index is 1.81. The van der Waals surface area contributed by atoms with Gasteiger partial charge >= 0.3 is 0 Å². The average Bonchev–Trinajstić information content (AvgIpc) is 3.19. The fraction of sp³-hybridized carbons (Fsp3) is 0.240. The molecule has 0 spiro atoms. The van der Waals surface area contributed by atoms with E-state index in [4.69, 9.17) is 16.3 Å². The number of halogens is 1. The van der Waals surface area contributed by atoms with E-state index in [0.717, 1.165) is 57.0 Å². The van der Waals surface area contributed by atoms with Gasteiger partial charge in [-0.3, -0.25) is 4.98 Å². The highest BCUT2D eigenvalue weighted by Gasteiger charge is 2.17. The molecular weight excluding hydrogens is 394 g/mol. The Bertz CT molecular complexity index is 1150. The summed E-state index contributed by atoms with van der Waals surface area (Å²) in [7, 11) is 1.67. The Kier molecular flexibility index (Phi) is 6.07. The first kappa shape index (κ1) is 20.5. The number of nitrogens with one attached hydrogen (secondary N) is 1. The Labute approximate surface area is 182 Å². The lowest BCUT2D eigenvalue weighted by atomic mass is 10.0. The summed E-state index contributed by atoms with van der Waals surface area (Å²) in [6.45, 7) is 6.19. The van der Waals surface area contributed by atoms with E-state index in [1.54, 1.807) is 7.11 Å². The molecule has 4 rings (SSSR count). The first-order chi connectivity index (χ1) is 14.6. The highest BCUT2D eigenvalue weighted by molar-refractivity contribution is 6.36. The first-order valence-electron chi connectivity index (χ1n) is 10.2. The molecule has 4 aromatic rings. The molecule has 30 heavy (non-hydrogen) atoms. The van der Waals surface area contributed by atoms with Crippen LogP contribution in [0, 0.1) is 0 Å². The molecule has 5 heteroatoms. The lowest BCUT2D eigenvalue weighted by Gasteiger charge is -2.15. The van der Waals surface area contributed by atoms with Crippen molar-refractivity contribution in [2.75, 3.05) is 20.2 Å². The van der Waals surface area contributed by atoms with Crippen molar-refractivity contribution in [1.29, 1.82) is 0 Å². The van der Waals surface area contributed by atoms with Gasteiger partial charge < -0.3 is 14.6 Å². The van der Waals surface area contributed by atoms with E-state index in [1.807, 2.05) is 48.8 Å². The molecule has 2 aromatic heterocycles. The van der Waals surface area contributed by atoms with Gasteiger partial charge in [0.2, 0.25) is 0 Å². The molecule has 154 valence electrons. The van der Waals surface area contributed by atoms with Gasteiger partial charge in [0, 0.05) is 53.3 Å². The van der Waals surface area contributed by atoms with Gasteiger partial charge in [0.15, 0.2) is 0 Å². The number of likely N-dealkylation sites (N-methyl/N-ethyl adjacent to an activating group) is 1. The van der Waals surface area contributed by atoms with Gasteiger partial charge in [0.25, 0.3) is 0 Å². The summed E-state index contributed by atoms with van der Waals surface area (Å²) in [5.41, 5.74) is 5.44. The minimum atomic E-state index is 0.303. The van der Waals surface area contributed by atoms with Crippen LogP contribution >= 0.6 is 11.6 Å². The van der Waals surface area contributed by atoms with Gasteiger partial charge in [-0.2, -0.15) is 0 Å². The number of aromatic nitrogens is 2. The van der Waals surface area contributed by atoms with Crippen LogP contribution in [0.3, 0.4) is 0 Å². The molecule has 0 aliphatic rings. The van der Waals surface area contributed by atoms with Crippen LogP contribution in [0.4, 0.5) is 0 Å². The number of nitrogens with zero attached hydrogens (tertiary/aromatic N) is 2. The van der Waals surface area contributed by atoms with Crippen molar-refractivity contribution in [3.8, 4) is 28.0 Å². The highest BCUT2D eigenvalue weighted by Crippen LogP contribution is 2.38. The van der Waals surface area contributed by atoms with E-state index in [2.05, 4.69) is 47.0 Å². The molecule has 0 saturated carbocycles. The van der Waals surface area contributed by atoms with Crippen LogP contribution < -0.4 is 10.1 Å². The van der Waals surface area contributed by atoms with Crippen molar-refractivity contribution >= 4 is 22.5 Å². The Morgan fingerprint density at radius 1 is 1.07 bits per heavy atom. The van der Waals surface area contributed by atoms with Gasteiger partial charge in [0.1, 0.15) is 5.75 Å². The molecule has 1 N–H and O–H groups in total. The number of ether oxygens (including phenoxy) is 1. The zero-order valence-corrected chi connectivity index (χ0v) is 18.3. The zero-order chi connectivity index (χ0) is 21.1. The SMILES string of the molecule is CCNCC(C)n1cc(-c2cncc(-c3ccc(OC)cc3)c2)c2c(Cl)cccc21. The van der Waals surface area contributed by atoms with E-state index in [1.165, 1.54) is 0 Å². The second kappa shape index (κ2) is 8.90. The van der Waals surface area contributed by atoms with Gasteiger partial charge in [-0.1, -0.05) is 36.7 Å². The minimum absolute atomic E-state index is 0.303. The minimum Gasteiger partial charge on any atom is -0.497 e. The number of pyridine rings is 1. The van der Waals surface area contributed by atoms with Crippen LogP contribution in [0.25, 0.3) is 33.2 Å². The standard InChI is InChI=1S/C25H26ClN3O/c1-4-27-13-17(2)29-16-22(25-23(26)6-5-7-24(25)29)20-12-19(14-28-15-20)18-8-10-21(30-3)11-9-18/h5-12,14-17,27H,4,13H2,1-3H3. The summed E-state index contributed by atoms with van der Waals surface area (Å²) in [4.78, 5) is 4.52. The summed E-state index contributed by atoms with van der Waals surface area (Å²) >= 11 is 6.66. The number of hydrogen-bond acceptors (Lipinski definition) is 3. The summed E-state index contributed by atoms with van der Waals surface area (Å²) in [5, 5.41) is 5.26. The summed E-state index contributed by atoms with van der Waals surface area (Å²) in [6.07, 6.45) is 6.00. The largest absolute Gasteiger partial charge is 0.497 e. The maximum absolute atomic E-state index is 6.66. The molecule has 0 amide bonds. The van der Waals surface area contributed by atoms with Crippen molar-refractivity contribution in [1.82, 2.24) is 14.9 Å². The number of fused-ring (bicyclic) bond motifs is 1. The molecule has 1 unspecified atom stereocenters. The molecule has 2 aromatic carbocycles. The molecule has 0 bridgehead atoms. The molecule has 4 nitrogen and oxygen atoms in total. The van der Waals surface area contributed by atoms with Gasteiger partial charge in [0.05, 0.1) is 17.6 Å². The third-order valence-electron chi connectivity index (χ3n) is 5.44. The van der Waals surface area contributed by atoms with Crippen LogP contribution in [0.5, 0.6) is 5.75 Å². The topological polar surface area (TPSA) is 39.1 Å². The van der Waals surface area contributed by atoms with Gasteiger partial charge in [-0.15, -0.1) is 0 Å². The van der Waals surface area contributed by atoms with E-state index in [9.17, 15) is 0 Å². The van der Waals surface area contributed by atoms with Crippen LogP contribution in [0.1, 0.15) is 19.9 Å². The highest BCUT2D eigenvalue weighted by atomic mass is 35.5. The Hall–Kier alpha value is -2.82. The molecule has 1 atom stereocenters. The van der Waals surface area contributed by atoms with Crippen LogP contribution in [-0.4, -0.2) is 29.8 Å². The van der Waals surface area contributed by atoms with E-state index < -0.39 is 0 Å². The van der Waals surface area contributed by atoms with Crippen molar-refractivity contribution in [3.05, 3.63) is 72.1 Å². The quantitative estimate of drug-likeness (QED) is 0.387. The average molecular weight is 420 g/mol. The predicted octanol–water partition coefficient (Wildman–Crippen LogP) is 6.20. The Morgan fingerprint density at radius 2 is 1.83 bits per heavy atom. The number of hydrogen-bond donors (Lipinski definition) is 1. The van der Waals surface area contributed by atoms with Crippen molar-refractivity contribution < 1.29 is 4.74 Å².